The molecule has 1 aromatic rings. The van der Waals surface area contributed by atoms with Crippen LogP contribution < -0.4 is 16.0 Å². The second-order valence-corrected chi connectivity index (χ2v) is 5.48. The first-order valence-corrected chi connectivity index (χ1v) is 7.61. The van der Waals surface area contributed by atoms with Gasteiger partial charge in [-0.3, -0.25) is 4.79 Å². The molecule has 0 aliphatic carbocycles. The van der Waals surface area contributed by atoms with Crippen LogP contribution in [0, 0.1) is 0 Å². The summed E-state index contributed by atoms with van der Waals surface area (Å²) < 4.78 is 4.97. The van der Waals surface area contributed by atoms with Gasteiger partial charge in [-0.2, -0.15) is 0 Å². The summed E-state index contributed by atoms with van der Waals surface area (Å²) in [5.74, 6) is -0.135. The molecule has 1 aromatic carbocycles. The van der Waals surface area contributed by atoms with Crippen LogP contribution in [0.1, 0.15) is 25.7 Å². The van der Waals surface area contributed by atoms with Gasteiger partial charge in [0.25, 0.3) is 0 Å². The lowest BCUT2D eigenvalue weighted by Crippen LogP contribution is -2.35. The van der Waals surface area contributed by atoms with Crippen molar-refractivity contribution >= 4 is 17.3 Å². The zero-order valence-electron chi connectivity index (χ0n) is 12.7. The molecule has 1 amide bonds. The average molecular weight is 291 g/mol. The fourth-order valence-corrected chi connectivity index (χ4v) is 2.57. The van der Waals surface area contributed by atoms with Crippen molar-refractivity contribution in [2.24, 2.45) is 5.73 Å². The van der Waals surface area contributed by atoms with Crippen LogP contribution in [0.2, 0.25) is 0 Å². The van der Waals surface area contributed by atoms with Gasteiger partial charge in [0.15, 0.2) is 0 Å². The molecule has 3 N–H and O–H groups in total. The summed E-state index contributed by atoms with van der Waals surface area (Å²) in [5.41, 5.74) is 7.86. The number of amides is 1. The molecular formula is C16H25N3O2. The van der Waals surface area contributed by atoms with Crippen LogP contribution >= 0.6 is 0 Å². The Labute approximate surface area is 126 Å². The van der Waals surface area contributed by atoms with E-state index in [0.29, 0.717) is 13.0 Å². The fraction of sp³-hybridized carbons (Fsp3) is 0.562. The van der Waals surface area contributed by atoms with Crippen LogP contribution in [-0.2, 0) is 9.53 Å². The number of carbonyl (C=O) groups excluding carboxylic acids is 1. The third kappa shape index (κ3) is 4.72. The Bertz CT molecular complexity index is 459. The highest BCUT2D eigenvalue weighted by molar-refractivity contribution is 5.95. The lowest BCUT2D eigenvalue weighted by atomic mass is 10.1. The van der Waals surface area contributed by atoms with Gasteiger partial charge in [-0.1, -0.05) is 6.07 Å². The van der Waals surface area contributed by atoms with Gasteiger partial charge in [0.2, 0.25) is 5.91 Å². The van der Waals surface area contributed by atoms with Crippen LogP contribution in [0.5, 0.6) is 0 Å². The summed E-state index contributed by atoms with van der Waals surface area (Å²) in [7, 11) is 1.65. The first-order valence-electron chi connectivity index (χ1n) is 7.61. The Balaban J connectivity index is 1.89. The number of nitrogens with two attached hydrogens (primary N) is 1. The highest BCUT2D eigenvalue weighted by atomic mass is 16.5. The van der Waals surface area contributed by atoms with Crippen molar-refractivity contribution in [3.8, 4) is 0 Å². The molecule has 1 fully saturated rings. The second kappa shape index (κ2) is 8.00. The zero-order valence-corrected chi connectivity index (χ0v) is 12.7. The number of carbonyl (C=O) groups is 1. The van der Waals surface area contributed by atoms with E-state index in [9.17, 15) is 4.79 Å². The largest absolute Gasteiger partial charge is 0.385 e. The van der Waals surface area contributed by atoms with Crippen LogP contribution in [0.15, 0.2) is 24.3 Å². The highest BCUT2D eigenvalue weighted by Gasteiger charge is 2.15. The van der Waals surface area contributed by atoms with Crippen LogP contribution in [0.25, 0.3) is 0 Å². The van der Waals surface area contributed by atoms with Gasteiger partial charge in [-0.15, -0.1) is 0 Å². The van der Waals surface area contributed by atoms with E-state index < -0.39 is 6.04 Å². The van der Waals surface area contributed by atoms with Crippen molar-refractivity contribution in [3.63, 3.8) is 0 Å². The molecular weight excluding hydrogens is 266 g/mol. The molecule has 5 nitrogen and oxygen atoms in total. The lowest BCUT2D eigenvalue weighted by molar-refractivity contribution is -0.117. The van der Waals surface area contributed by atoms with Gasteiger partial charge >= 0.3 is 0 Å². The number of methoxy groups -OCH3 is 1. The maximum atomic E-state index is 12.0. The molecule has 0 bridgehead atoms. The summed E-state index contributed by atoms with van der Waals surface area (Å²) in [6.07, 6.45) is 3.90. The number of hydrogen-bond acceptors (Lipinski definition) is 4. The summed E-state index contributed by atoms with van der Waals surface area (Å²) in [6.45, 7) is 2.81. The van der Waals surface area contributed by atoms with E-state index >= 15 is 0 Å². The molecule has 1 heterocycles. The van der Waals surface area contributed by atoms with Gasteiger partial charge in [0.05, 0.1) is 6.04 Å². The first kappa shape index (κ1) is 15.8. The smallest absolute Gasteiger partial charge is 0.241 e. The topological polar surface area (TPSA) is 67.6 Å². The van der Waals surface area contributed by atoms with Crippen LogP contribution in [0.3, 0.4) is 0 Å². The summed E-state index contributed by atoms with van der Waals surface area (Å²) >= 11 is 0. The summed E-state index contributed by atoms with van der Waals surface area (Å²) in [5, 5.41) is 2.90. The Morgan fingerprint density at radius 3 is 2.90 bits per heavy atom. The summed E-state index contributed by atoms with van der Waals surface area (Å²) in [4.78, 5) is 14.4. The predicted octanol–water partition coefficient (Wildman–Crippen LogP) is 1.98. The average Bonchev–Trinajstić information content (AvgIpc) is 3.02. The van der Waals surface area contributed by atoms with Gasteiger partial charge in [0.1, 0.15) is 0 Å². The van der Waals surface area contributed by atoms with Crippen molar-refractivity contribution in [1.29, 1.82) is 0 Å². The van der Waals surface area contributed by atoms with Crippen molar-refractivity contribution in [2.45, 2.75) is 31.7 Å². The Hall–Kier alpha value is -1.59. The molecule has 116 valence electrons. The highest BCUT2D eigenvalue weighted by Crippen LogP contribution is 2.23. The number of anilines is 2. The SMILES string of the molecule is COCCCC(N)C(=O)Nc1cccc(N2CCCC2)c1. The molecule has 1 aliphatic heterocycles. The van der Waals surface area contributed by atoms with Gasteiger partial charge < -0.3 is 20.7 Å². The molecule has 1 saturated heterocycles. The number of benzene rings is 1. The fourth-order valence-electron chi connectivity index (χ4n) is 2.57. The van der Waals surface area contributed by atoms with E-state index in [-0.39, 0.29) is 5.91 Å². The number of rotatable bonds is 7. The molecule has 21 heavy (non-hydrogen) atoms. The third-order valence-corrected chi connectivity index (χ3v) is 3.79. The zero-order chi connectivity index (χ0) is 15.1. The standard InChI is InChI=1S/C16H25N3O2/c1-21-11-5-8-15(17)16(20)18-13-6-4-7-14(12-13)19-9-2-3-10-19/h4,6-7,12,15H,2-3,5,8-11,17H2,1H3,(H,18,20). The van der Waals surface area contributed by atoms with Gasteiger partial charge in [-0.05, 0) is 43.9 Å². The maximum Gasteiger partial charge on any atom is 0.241 e. The van der Waals surface area contributed by atoms with Crippen molar-refractivity contribution in [3.05, 3.63) is 24.3 Å². The summed E-state index contributed by atoms with van der Waals surface area (Å²) in [6, 6.07) is 7.49. The number of ether oxygens (including phenoxy) is 1. The minimum Gasteiger partial charge on any atom is -0.385 e. The molecule has 2 rings (SSSR count). The van der Waals surface area contributed by atoms with E-state index in [0.717, 1.165) is 25.2 Å². The van der Waals surface area contributed by atoms with E-state index in [2.05, 4.69) is 16.3 Å². The molecule has 0 aromatic heterocycles. The lowest BCUT2D eigenvalue weighted by Gasteiger charge is -2.19. The van der Waals surface area contributed by atoms with E-state index in [1.54, 1.807) is 7.11 Å². The predicted molar refractivity (Wildman–Crippen MR) is 85.6 cm³/mol. The molecule has 1 aliphatic rings. The van der Waals surface area contributed by atoms with Crippen LogP contribution in [-0.4, -0.2) is 38.8 Å². The second-order valence-electron chi connectivity index (χ2n) is 5.48. The van der Waals surface area contributed by atoms with Crippen LogP contribution in [0.4, 0.5) is 11.4 Å². The van der Waals surface area contributed by atoms with Crippen molar-refractivity contribution in [1.82, 2.24) is 0 Å². The molecule has 0 spiro atoms. The number of nitrogens with zero attached hydrogens (tertiary/aromatic N) is 1. The van der Waals surface area contributed by atoms with E-state index in [4.69, 9.17) is 10.5 Å². The van der Waals surface area contributed by atoms with E-state index in [1.165, 1.54) is 18.5 Å². The minimum absolute atomic E-state index is 0.135. The van der Waals surface area contributed by atoms with Gasteiger partial charge in [0, 0.05) is 38.2 Å². The first-order chi connectivity index (χ1) is 10.2. The monoisotopic (exact) mass is 291 g/mol. The molecule has 1 atom stereocenters. The quantitative estimate of drug-likeness (QED) is 0.754. The Morgan fingerprint density at radius 1 is 1.43 bits per heavy atom. The Morgan fingerprint density at radius 2 is 2.19 bits per heavy atom. The van der Waals surface area contributed by atoms with Crippen molar-refractivity contribution in [2.75, 3.05) is 37.0 Å². The normalized spacial score (nSPS) is 16.0. The van der Waals surface area contributed by atoms with Crippen molar-refractivity contribution < 1.29 is 9.53 Å². The Kier molecular flexibility index (Phi) is 6.02. The molecule has 5 heteroatoms. The molecule has 0 saturated carbocycles. The molecule has 1 unspecified atom stereocenters. The number of hydrogen-bond donors (Lipinski definition) is 2. The number of nitrogens with one attached hydrogen (secondary N) is 1. The maximum absolute atomic E-state index is 12.0. The van der Waals surface area contributed by atoms with E-state index in [1.807, 2.05) is 18.2 Å². The molecule has 0 radical (unpaired) electrons. The third-order valence-electron chi connectivity index (χ3n) is 3.79. The van der Waals surface area contributed by atoms with Gasteiger partial charge in [-0.25, -0.2) is 0 Å². The minimum atomic E-state index is -0.490.